The average molecular weight is 289 g/mol. The number of benzene rings is 1. The molecule has 2 unspecified atom stereocenters. The molecule has 3 nitrogen and oxygen atoms in total. The van der Waals surface area contributed by atoms with Crippen LogP contribution in [0.5, 0.6) is 0 Å². The lowest BCUT2D eigenvalue weighted by molar-refractivity contribution is 0.0600. The minimum absolute atomic E-state index is 0.270. The van der Waals surface area contributed by atoms with E-state index in [-0.39, 0.29) is 5.97 Å². The van der Waals surface area contributed by atoms with Crippen LogP contribution in [-0.4, -0.2) is 19.1 Å². The van der Waals surface area contributed by atoms with E-state index in [1.807, 2.05) is 25.1 Å². The smallest absolute Gasteiger partial charge is 0.338 e. The number of anilines is 1. The summed E-state index contributed by atoms with van der Waals surface area (Å²) in [5, 5.41) is 3.65. The lowest BCUT2D eigenvalue weighted by atomic mass is 9.70. The third-order valence-electron chi connectivity index (χ3n) is 4.49. The first-order chi connectivity index (χ1) is 9.82. The van der Waals surface area contributed by atoms with Crippen LogP contribution in [0.1, 0.15) is 56.0 Å². The molecular formula is C18H27NO2. The van der Waals surface area contributed by atoms with E-state index in [0.717, 1.165) is 17.2 Å². The van der Waals surface area contributed by atoms with Crippen molar-refractivity contribution in [3.63, 3.8) is 0 Å². The van der Waals surface area contributed by atoms with Crippen LogP contribution in [0.4, 0.5) is 5.69 Å². The zero-order valence-corrected chi connectivity index (χ0v) is 13.8. The van der Waals surface area contributed by atoms with Crippen LogP contribution in [0.3, 0.4) is 0 Å². The quantitative estimate of drug-likeness (QED) is 0.838. The van der Waals surface area contributed by atoms with Gasteiger partial charge in [-0.15, -0.1) is 0 Å². The van der Waals surface area contributed by atoms with Crippen LogP contribution >= 0.6 is 0 Å². The van der Waals surface area contributed by atoms with Crippen LogP contribution < -0.4 is 5.32 Å². The normalized spacial score (nSPS) is 24.4. The SMILES string of the molecule is COC(=O)c1cccc(NC2CC(C)CC(C)(C)C2)c1C. The predicted octanol–water partition coefficient (Wildman–Crippen LogP) is 4.41. The second-order valence-electron chi connectivity index (χ2n) is 7.22. The van der Waals surface area contributed by atoms with E-state index in [1.165, 1.54) is 26.4 Å². The van der Waals surface area contributed by atoms with E-state index in [9.17, 15) is 4.79 Å². The van der Waals surface area contributed by atoms with E-state index >= 15 is 0 Å². The van der Waals surface area contributed by atoms with E-state index < -0.39 is 0 Å². The minimum Gasteiger partial charge on any atom is -0.465 e. The maximum Gasteiger partial charge on any atom is 0.338 e. The summed E-state index contributed by atoms with van der Waals surface area (Å²) in [7, 11) is 1.42. The summed E-state index contributed by atoms with van der Waals surface area (Å²) in [6, 6.07) is 6.25. The molecule has 21 heavy (non-hydrogen) atoms. The highest BCUT2D eigenvalue weighted by molar-refractivity contribution is 5.92. The Morgan fingerprint density at radius 2 is 2.05 bits per heavy atom. The van der Waals surface area contributed by atoms with Gasteiger partial charge in [-0.25, -0.2) is 4.79 Å². The van der Waals surface area contributed by atoms with Gasteiger partial charge < -0.3 is 10.1 Å². The number of hydrogen-bond acceptors (Lipinski definition) is 3. The number of esters is 1. The number of methoxy groups -OCH3 is 1. The van der Waals surface area contributed by atoms with Crippen molar-refractivity contribution >= 4 is 11.7 Å². The number of ether oxygens (including phenoxy) is 1. The summed E-state index contributed by atoms with van der Waals surface area (Å²) < 4.78 is 4.85. The standard InChI is InChI=1S/C18H27NO2/c1-12-9-14(11-18(3,4)10-12)19-16-8-6-7-15(13(16)2)17(20)21-5/h6-8,12,14,19H,9-11H2,1-5H3. The molecule has 0 spiro atoms. The van der Waals surface area contributed by atoms with Gasteiger partial charge in [-0.2, -0.15) is 0 Å². The molecule has 2 rings (SSSR count). The van der Waals surface area contributed by atoms with Crippen molar-refractivity contribution in [3.05, 3.63) is 29.3 Å². The van der Waals surface area contributed by atoms with Gasteiger partial charge in [0.15, 0.2) is 0 Å². The Labute approximate surface area is 128 Å². The molecule has 1 aliphatic rings. The Morgan fingerprint density at radius 1 is 1.33 bits per heavy atom. The Morgan fingerprint density at radius 3 is 2.67 bits per heavy atom. The molecule has 1 aromatic rings. The fraction of sp³-hybridized carbons (Fsp3) is 0.611. The van der Waals surface area contributed by atoms with Crippen molar-refractivity contribution in [2.45, 2.75) is 53.0 Å². The molecule has 0 aliphatic heterocycles. The van der Waals surface area contributed by atoms with Gasteiger partial charge in [-0.1, -0.05) is 26.8 Å². The molecule has 3 heteroatoms. The van der Waals surface area contributed by atoms with Crippen molar-refractivity contribution in [2.24, 2.45) is 11.3 Å². The monoisotopic (exact) mass is 289 g/mol. The largest absolute Gasteiger partial charge is 0.465 e. The molecule has 1 N–H and O–H groups in total. The molecule has 0 heterocycles. The van der Waals surface area contributed by atoms with Gasteiger partial charge in [0.05, 0.1) is 12.7 Å². The number of carbonyl (C=O) groups excluding carboxylic acids is 1. The topological polar surface area (TPSA) is 38.3 Å². The zero-order valence-electron chi connectivity index (χ0n) is 13.8. The van der Waals surface area contributed by atoms with Crippen molar-refractivity contribution in [1.82, 2.24) is 0 Å². The van der Waals surface area contributed by atoms with Crippen LogP contribution in [0.2, 0.25) is 0 Å². The van der Waals surface area contributed by atoms with E-state index in [1.54, 1.807) is 0 Å². The zero-order chi connectivity index (χ0) is 15.6. The molecular weight excluding hydrogens is 262 g/mol. The van der Waals surface area contributed by atoms with Crippen LogP contribution in [0, 0.1) is 18.3 Å². The van der Waals surface area contributed by atoms with E-state index in [4.69, 9.17) is 4.74 Å². The first-order valence-corrected chi connectivity index (χ1v) is 7.77. The third kappa shape index (κ3) is 3.78. The van der Waals surface area contributed by atoms with Crippen molar-refractivity contribution < 1.29 is 9.53 Å². The second-order valence-corrected chi connectivity index (χ2v) is 7.22. The van der Waals surface area contributed by atoms with Gasteiger partial charge in [0, 0.05) is 11.7 Å². The van der Waals surface area contributed by atoms with Crippen molar-refractivity contribution in [1.29, 1.82) is 0 Å². The maximum atomic E-state index is 11.8. The van der Waals surface area contributed by atoms with Gasteiger partial charge in [-0.3, -0.25) is 0 Å². The molecule has 1 fully saturated rings. The lowest BCUT2D eigenvalue weighted by Crippen LogP contribution is -2.35. The van der Waals surface area contributed by atoms with Crippen molar-refractivity contribution in [2.75, 3.05) is 12.4 Å². The van der Waals surface area contributed by atoms with E-state index in [0.29, 0.717) is 17.0 Å². The Kier molecular flexibility index (Phi) is 4.60. The van der Waals surface area contributed by atoms with Crippen molar-refractivity contribution in [3.8, 4) is 0 Å². The molecule has 0 aromatic heterocycles. The summed E-state index contributed by atoms with van der Waals surface area (Å²) in [5.74, 6) is 0.462. The van der Waals surface area contributed by atoms with Crippen LogP contribution in [0.15, 0.2) is 18.2 Å². The molecule has 0 bridgehead atoms. The van der Waals surface area contributed by atoms with Gasteiger partial charge in [-0.05, 0) is 55.2 Å². The fourth-order valence-electron chi connectivity index (χ4n) is 3.80. The Bertz CT molecular complexity index is 522. The summed E-state index contributed by atoms with van der Waals surface area (Å²) in [6.07, 6.45) is 3.64. The number of carbonyl (C=O) groups is 1. The van der Waals surface area contributed by atoms with Gasteiger partial charge in [0.2, 0.25) is 0 Å². The molecule has 1 aliphatic carbocycles. The first kappa shape index (κ1) is 15.9. The Balaban J connectivity index is 2.18. The molecule has 0 radical (unpaired) electrons. The maximum absolute atomic E-state index is 11.8. The predicted molar refractivity (Wildman–Crippen MR) is 86.7 cm³/mol. The summed E-state index contributed by atoms with van der Waals surface area (Å²) in [5.41, 5.74) is 3.04. The highest BCUT2D eigenvalue weighted by Crippen LogP contribution is 2.39. The van der Waals surface area contributed by atoms with E-state index in [2.05, 4.69) is 26.1 Å². The number of rotatable bonds is 3. The van der Waals surface area contributed by atoms with Crippen LogP contribution in [0.25, 0.3) is 0 Å². The minimum atomic E-state index is -0.270. The summed E-state index contributed by atoms with van der Waals surface area (Å²) in [4.78, 5) is 11.8. The number of nitrogens with one attached hydrogen (secondary N) is 1. The highest BCUT2D eigenvalue weighted by atomic mass is 16.5. The summed E-state index contributed by atoms with van der Waals surface area (Å²) >= 11 is 0. The fourth-order valence-corrected chi connectivity index (χ4v) is 3.80. The molecule has 2 atom stereocenters. The lowest BCUT2D eigenvalue weighted by Gasteiger charge is -2.40. The summed E-state index contributed by atoms with van der Waals surface area (Å²) in [6.45, 7) is 8.99. The second kappa shape index (κ2) is 6.08. The molecule has 1 aromatic carbocycles. The molecule has 1 saturated carbocycles. The van der Waals surface area contributed by atoms with Gasteiger partial charge in [0.25, 0.3) is 0 Å². The Hall–Kier alpha value is -1.51. The van der Waals surface area contributed by atoms with Gasteiger partial charge >= 0.3 is 5.97 Å². The highest BCUT2D eigenvalue weighted by Gasteiger charge is 2.32. The molecule has 116 valence electrons. The van der Waals surface area contributed by atoms with Gasteiger partial charge in [0.1, 0.15) is 0 Å². The first-order valence-electron chi connectivity index (χ1n) is 7.77. The average Bonchev–Trinajstić information content (AvgIpc) is 2.38. The molecule has 0 saturated heterocycles. The van der Waals surface area contributed by atoms with Crippen LogP contribution in [-0.2, 0) is 4.74 Å². The molecule has 0 amide bonds. The number of hydrogen-bond donors (Lipinski definition) is 1. The third-order valence-corrected chi connectivity index (χ3v) is 4.49.